The van der Waals surface area contributed by atoms with Crippen LogP contribution < -0.4 is 0 Å². The highest BCUT2D eigenvalue weighted by Crippen LogP contribution is 2.24. The maximum Gasteiger partial charge on any atom is 0.352 e. The summed E-state index contributed by atoms with van der Waals surface area (Å²) in [5.74, 6) is -0.844. The molecule has 0 aromatic carbocycles. The molecule has 2 rings (SSSR count). The van der Waals surface area contributed by atoms with Crippen molar-refractivity contribution >= 4 is 5.97 Å². The number of aromatic nitrogens is 1. The fourth-order valence-corrected chi connectivity index (χ4v) is 2.46. The Morgan fingerprint density at radius 3 is 2.82 bits per heavy atom. The topological polar surface area (TPSA) is 45.5 Å². The second kappa shape index (κ2) is 5.19. The minimum atomic E-state index is -0.844. The molecule has 0 spiro atoms. The van der Waals surface area contributed by atoms with Gasteiger partial charge in [-0.25, -0.2) is 4.79 Å². The lowest BCUT2D eigenvalue weighted by Crippen LogP contribution is -2.35. The first-order chi connectivity index (χ1) is 8.22. The van der Waals surface area contributed by atoms with Crippen LogP contribution in [0.3, 0.4) is 0 Å². The predicted octanol–water partition coefficient (Wildman–Crippen LogP) is 2.01. The number of nitrogens with zero attached hydrogens (tertiary/aromatic N) is 2. The molecule has 1 fully saturated rings. The van der Waals surface area contributed by atoms with E-state index in [0.717, 1.165) is 32.5 Å². The van der Waals surface area contributed by atoms with Gasteiger partial charge in [-0.3, -0.25) is 4.90 Å². The number of piperidine rings is 1. The quantitative estimate of drug-likeness (QED) is 0.810. The molecule has 1 saturated heterocycles. The van der Waals surface area contributed by atoms with Crippen LogP contribution in [0, 0.1) is 0 Å². The first-order valence-electron chi connectivity index (χ1n) is 5.95. The third kappa shape index (κ3) is 2.58. The smallest absolute Gasteiger partial charge is 0.352 e. The lowest BCUT2D eigenvalue weighted by Gasteiger charge is -2.32. The van der Waals surface area contributed by atoms with Crippen molar-refractivity contribution in [3.8, 4) is 0 Å². The number of aromatic carboxylic acids is 1. The van der Waals surface area contributed by atoms with E-state index in [1.54, 1.807) is 12.1 Å². The van der Waals surface area contributed by atoms with Gasteiger partial charge in [-0.05, 0) is 25.0 Å². The van der Waals surface area contributed by atoms with Crippen LogP contribution in [0.25, 0.3) is 0 Å². The number of likely N-dealkylation sites (tertiary alicyclic amines) is 1. The van der Waals surface area contributed by atoms with Crippen molar-refractivity contribution in [2.45, 2.75) is 18.9 Å². The average molecular weight is 234 g/mol. The van der Waals surface area contributed by atoms with Gasteiger partial charge in [0.1, 0.15) is 5.69 Å². The molecule has 1 aliphatic rings. The van der Waals surface area contributed by atoms with Crippen LogP contribution in [0.15, 0.2) is 31.0 Å². The van der Waals surface area contributed by atoms with Crippen molar-refractivity contribution in [3.05, 3.63) is 36.7 Å². The summed E-state index contributed by atoms with van der Waals surface area (Å²) in [5, 5.41) is 9.08. The Labute approximate surface area is 101 Å². The van der Waals surface area contributed by atoms with E-state index in [1.165, 1.54) is 0 Å². The standard InChI is InChI=1S/C13H18N2O2/c1-2-7-14-9-5-11(6-10-14)15-8-3-4-12(15)13(16)17/h2-4,8,11H,1,5-7,9-10H2,(H,16,17). The molecular weight excluding hydrogens is 216 g/mol. The number of hydrogen-bond donors (Lipinski definition) is 1. The molecule has 4 heteroatoms. The average Bonchev–Trinajstić information content (AvgIpc) is 2.79. The summed E-state index contributed by atoms with van der Waals surface area (Å²) in [6, 6.07) is 3.79. The van der Waals surface area contributed by atoms with Gasteiger partial charge in [0.2, 0.25) is 0 Å². The molecule has 0 radical (unpaired) electrons. The Morgan fingerprint density at radius 1 is 1.53 bits per heavy atom. The fourth-order valence-electron chi connectivity index (χ4n) is 2.46. The van der Waals surface area contributed by atoms with Gasteiger partial charge in [0.15, 0.2) is 0 Å². The lowest BCUT2D eigenvalue weighted by atomic mass is 10.0. The molecule has 1 N–H and O–H groups in total. The normalized spacial score (nSPS) is 18.1. The van der Waals surface area contributed by atoms with Crippen LogP contribution in [-0.2, 0) is 0 Å². The second-order valence-corrected chi connectivity index (χ2v) is 4.43. The lowest BCUT2D eigenvalue weighted by molar-refractivity contribution is 0.0678. The van der Waals surface area contributed by atoms with Crippen LogP contribution in [0.2, 0.25) is 0 Å². The zero-order chi connectivity index (χ0) is 12.3. The number of rotatable bonds is 4. The molecule has 0 unspecified atom stereocenters. The fraction of sp³-hybridized carbons (Fsp3) is 0.462. The predicted molar refractivity (Wildman–Crippen MR) is 66.3 cm³/mol. The molecule has 0 amide bonds. The van der Waals surface area contributed by atoms with Gasteiger partial charge in [0, 0.05) is 31.9 Å². The summed E-state index contributed by atoms with van der Waals surface area (Å²) >= 11 is 0. The summed E-state index contributed by atoms with van der Waals surface area (Å²) < 4.78 is 1.90. The van der Waals surface area contributed by atoms with E-state index in [-0.39, 0.29) is 0 Å². The largest absolute Gasteiger partial charge is 0.477 e. The van der Waals surface area contributed by atoms with Crippen LogP contribution in [0.5, 0.6) is 0 Å². The van der Waals surface area contributed by atoms with Crippen molar-refractivity contribution in [1.29, 1.82) is 0 Å². The first kappa shape index (κ1) is 11.9. The number of carboxylic acids is 1. The Bertz CT molecular complexity index is 403. The molecule has 1 aromatic rings. The molecule has 1 aliphatic heterocycles. The highest BCUT2D eigenvalue weighted by molar-refractivity contribution is 5.85. The molecule has 0 atom stereocenters. The molecule has 17 heavy (non-hydrogen) atoms. The summed E-state index contributed by atoms with van der Waals surface area (Å²) in [6.45, 7) is 6.67. The maximum absolute atomic E-state index is 11.0. The monoisotopic (exact) mass is 234 g/mol. The molecule has 1 aromatic heterocycles. The molecule has 4 nitrogen and oxygen atoms in total. The van der Waals surface area contributed by atoms with E-state index in [4.69, 9.17) is 5.11 Å². The minimum Gasteiger partial charge on any atom is -0.477 e. The van der Waals surface area contributed by atoms with Gasteiger partial charge >= 0.3 is 5.97 Å². The van der Waals surface area contributed by atoms with E-state index in [1.807, 2.05) is 16.8 Å². The van der Waals surface area contributed by atoms with Crippen LogP contribution >= 0.6 is 0 Å². The van der Waals surface area contributed by atoms with E-state index in [9.17, 15) is 4.79 Å². The van der Waals surface area contributed by atoms with Gasteiger partial charge < -0.3 is 9.67 Å². The van der Waals surface area contributed by atoms with Gasteiger partial charge in [-0.2, -0.15) is 0 Å². The summed E-state index contributed by atoms with van der Waals surface area (Å²) in [5.41, 5.74) is 0.396. The van der Waals surface area contributed by atoms with Crippen molar-refractivity contribution in [2.24, 2.45) is 0 Å². The molecule has 0 aliphatic carbocycles. The Kier molecular flexibility index (Phi) is 3.64. The Morgan fingerprint density at radius 2 is 2.24 bits per heavy atom. The van der Waals surface area contributed by atoms with E-state index in [0.29, 0.717) is 11.7 Å². The third-order valence-electron chi connectivity index (χ3n) is 3.34. The molecule has 0 bridgehead atoms. The highest BCUT2D eigenvalue weighted by Gasteiger charge is 2.22. The van der Waals surface area contributed by atoms with Gasteiger partial charge in [0.25, 0.3) is 0 Å². The third-order valence-corrected chi connectivity index (χ3v) is 3.34. The Balaban J connectivity index is 2.03. The summed E-state index contributed by atoms with van der Waals surface area (Å²) in [6.07, 6.45) is 5.79. The minimum absolute atomic E-state index is 0.317. The van der Waals surface area contributed by atoms with Gasteiger partial charge in [-0.15, -0.1) is 6.58 Å². The Hall–Kier alpha value is -1.55. The zero-order valence-electron chi connectivity index (χ0n) is 9.88. The SMILES string of the molecule is C=CCN1CCC(n2cccc2C(=O)O)CC1. The molecule has 92 valence electrons. The molecule has 0 saturated carbocycles. The summed E-state index contributed by atoms with van der Waals surface area (Å²) in [7, 11) is 0. The van der Waals surface area contributed by atoms with Crippen LogP contribution in [0.4, 0.5) is 0 Å². The van der Waals surface area contributed by atoms with E-state index in [2.05, 4.69) is 11.5 Å². The molecular formula is C13H18N2O2. The van der Waals surface area contributed by atoms with Crippen molar-refractivity contribution in [3.63, 3.8) is 0 Å². The number of carbonyl (C=O) groups is 1. The van der Waals surface area contributed by atoms with Crippen molar-refractivity contribution < 1.29 is 9.90 Å². The van der Waals surface area contributed by atoms with Crippen molar-refractivity contribution in [1.82, 2.24) is 9.47 Å². The first-order valence-corrected chi connectivity index (χ1v) is 5.95. The maximum atomic E-state index is 11.0. The van der Waals surface area contributed by atoms with Crippen molar-refractivity contribution in [2.75, 3.05) is 19.6 Å². The van der Waals surface area contributed by atoms with Crippen LogP contribution in [-0.4, -0.2) is 40.2 Å². The van der Waals surface area contributed by atoms with E-state index < -0.39 is 5.97 Å². The molecule has 2 heterocycles. The number of carboxylic acid groups (broad SMARTS) is 1. The zero-order valence-corrected chi connectivity index (χ0v) is 9.88. The highest BCUT2D eigenvalue weighted by atomic mass is 16.4. The summed E-state index contributed by atoms with van der Waals surface area (Å²) in [4.78, 5) is 13.4. The number of hydrogen-bond acceptors (Lipinski definition) is 2. The van der Waals surface area contributed by atoms with Gasteiger partial charge in [-0.1, -0.05) is 6.08 Å². The van der Waals surface area contributed by atoms with Gasteiger partial charge in [0.05, 0.1) is 0 Å². The van der Waals surface area contributed by atoms with Crippen LogP contribution in [0.1, 0.15) is 29.4 Å². The second-order valence-electron chi connectivity index (χ2n) is 4.43. The van der Waals surface area contributed by atoms with E-state index >= 15 is 0 Å².